The highest BCUT2D eigenvalue weighted by molar-refractivity contribution is 7.89. The van der Waals surface area contributed by atoms with Gasteiger partial charge in [-0.1, -0.05) is 36.4 Å². The van der Waals surface area contributed by atoms with E-state index in [1.54, 1.807) is 4.31 Å². The third-order valence-electron chi connectivity index (χ3n) is 3.89. The van der Waals surface area contributed by atoms with Gasteiger partial charge in [0.15, 0.2) is 0 Å². The highest BCUT2D eigenvalue weighted by Crippen LogP contribution is 2.23. The van der Waals surface area contributed by atoms with E-state index in [9.17, 15) is 8.42 Å². The van der Waals surface area contributed by atoms with Gasteiger partial charge < -0.3 is 0 Å². The van der Waals surface area contributed by atoms with Gasteiger partial charge in [-0.25, -0.2) is 12.7 Å². The summed E-state index contributed by atoms with van der Waals surface area (Å²) in [5.74, 6) is 0.529. The zero-order valence-corrected chi connectivity index (χ0v) is 12.7. The molecule has 0 radical (unpaired) electrons. The normalized spacial score (nSPS) is 20.7. The van der Waals surface area contributed by atoms with E-state index < -0.39 is 10.0 Å². The molecule has 2 rings (SSSR count). The first-order valence-electron chi connectivity index (χ1n) is 7.24. The van der Waals surface area contributed by atoms with Crippen molar-refractivity contribution >= 4 is 10.0 Å². The predicted molar refractivity (Wildman–Crippen MR) is 83.0 cm³/mol. The van der Waals surface area contributed by atoms with Gasteiger partial charge in [-0.3, -0.25) is 0 Å². The fourth-order valence-electron chi connectivity index (χ4n) is 2.78. The van der Waals surface area contributed by atoms with Gasteiger partial charge >= 0.3 is 0 Å². The predicted octanol–water partition coefficient (Wildman–Crippen LogP) is 2.85. The Kier molecular flexibility index (Phi) is 5.38. The van der Waals surface area contributed by atoms with Crippen LogP contribution in [-0.2, 0) is 16.4 Å². The Hall–Kier alpha value is -1.13. The molecule has 1 heterocycles. The van der Waals surface area contributed by atoms with Gasteiger partial charge in [-0.05, 0) is 37.2 Å². The summed E-state index contributed by atoms with van der Waals surface area (Å²) >= 11 is 0. The summed E-state index contributed by atoms with van der Waals surface area (Å²) in [6.45, 7) is 4.86. The van der Waals surface area contributed by atoms with E-state index in [1.165, 1.54) is 11.6 Å². The zero-order chi connectivity index (χ0) is 14.4. The molecule has 1 aromatic carbocycles. The molecule has 1 aliphatic rings. The third kappa shape index (κ3) is 4.18. The third-order valence-corrected chi connectivity index (χ3v) is 5.66. The molecule has 0 aliphatic carbocycles. The van der Waals surface area contributed by atoms with Crippen LogP contribution in [0.1, 0.15) is 24.8 Å². The summed E-state index contributed by atoms with van der Waals surface area (Å²) in [6.07, 6.45) is 5.66. The Morgan fingerprint density at radius 3 is 2.75 bits per heavy atom. The lowest BCUT2D eigenvalue weighted by molar-refractivity contribution is 0.256. The smallest absolute Gasteiger partial charge is 0.212 e. The summed E-state index contributed by atoms with van der Waals surface area (Å²) in [6, 6.07) is 10.4. The van der Waals surface area contributed by atoms with Gasteiger partial charge in [0, 0.05) is 13.1 Å². The number of sulfonamides is 1. The van der Waals surface area contributed by atoms with Crippen LogP contribution in [0.5, 0.6) is 0 Å². The highest BCUT2D eigenvalue weighted by atomic mass is 32.2. The SMILES string of the molecule is C=CCS(=O)(=O)N1CCCC(CCc2ccccc2)C1. The molecule has 1 aromatic rings. The van der Waals surface area contributed by atoms with Crippen LogP contribution in [0.15, 0.2) is 43.0 Å². The minimum absolute atomic E-state index is 0.0540. The molecular weight excluding hydrogens is 270 g/mol. The average molecular weight is 293 g/mol. The Labute approximate surface area is 122 Å². The van der Waals surface area contributed by atoms with Crippen LogP contribution < -0.4 is 0 Å². The number of benzene rings is 1. The molecule has 110 valence electrons. The van der Waals surface area contributed by atoms with Crippen molar-refractivity contribution in [3.05, 3.63) is 48.6 Å². The van der Waals surface area contributed by atoms with Crippen molar-refractivity contribution in [2.45, 2.75) is 25.7 Å². The van der Waals surface area contributed by atoms with Crippen LogP contribution in [0.3, 0.4) is 0 Å². The van der Waals surface area contributed by atoms with Crippen molar-refractivity contribution in [1.82, 2.24) is 4.31 Å². The second-order valence-electron chi connectivity index (χ2n) is 5.46. The first-order chi connectivity index (χ1) is 9.62. The minimum atomic E-state index is -3.13. The Balaban J connectivity index is 1.89. The topological polar surface area (TPSA) is 37.4 Å². The summed E-state index contributed by atoms with van der Waals surface area (Å²) in [7, 11) is -3.13. The van der Waals surface area contributed by atoms with Crippen molar-refractivity contribution in [2.75, 3.05) is 18.8 Å². The zero-order valence-electron chi connectivity index (χ0n) is 11.9. The quantitative estimate of drug-likeness (QED) is 0.756. The Morgan fingerprint density at radius 1 is 1.30 bits per heavy atom. The summed E-state index contributed by atoms with van der Waals surface area (Å²) in [4.78, 5) is 0. The summed E-state index contributed by atoms with van der Waals surface area (Å²) < 4.78 is 25.8. The maximum Gasteiger partial charge on any atom is 0.217 e. The fraction of sp³-hybridized carbons (Fsp3) is 0.500. The standard InChI is InChI=1S/C16H23NO2S/c1-2-13-20(18,19)17-12-6-9-16(14-17)11-10-15-7-4-3-5-8-15/h2-5,7-8,16H,1,6,9-14H2. The van der Waals surface area contributed by atoms with Gasteiger partial charge in [-0.2, -0.15) is 0 Å². The molecule has 0 aromatic heterocycles. The molecule has 3 nitrogen and oxygen atoms in total. The second kappa shape index (κ2) is 7.04. The molecule has 1 aliphatic heterocycles. The number of rotatable bonds is 6. The van der Waals surface area contributed by atoms with Crippen LogP contribution >= 0.6 is 0 Å². The molecule has 20 heavy (non-hydrogen) atoms. The second-order valence-corrected chi connectivity index (χ2v) is 7.47. The number of hydrogen-bond acceptors (Lipinski definition) is 2. The molecule has 1 atom stereocenters. The molecule has 1 saturated heterocycles. The fourth-order valence-corrected chi connectivity index (χ4v) is 4.14. The highest BCUT2D eigenvalue weighted by Gasteiger charge is 2.27. The lowest BCUT2D eigenvalue weighted by atomic mass is 9.93. The van der Waals surface area contributed by atoms with Crippen molar-refractivity contribution in [3.8, 4) is 0 Å². The molecule has 0 bridgehead atoms. The van der Waals surface area contributed by atoms with Gasteiger partial charge in [0.2, 0.25) is 10.0 Å². The average Bonchev–Trinajstić information content (AvgIpc) is 2.46. The number of nitrogens with zero attached hydrogens (tertiary/aromatic N) is 1. The van der Waals surface area contributed by atoms with Crippen molar-refractivity contribution in [1.29, 1.82) is 0 Å². The molecule has 1 unspecified atom stereocenters. The first kappa shape index (κ1) is 15.3. The van der Waals surface area contributed by atoms with E-state index in [4.69, 9.17) is 0 Å². The summed E-state index contributed by atoms with van der Waals surface area (Å²) in [5.41, 5.74) is 1.33. The van der Waals surface area contributed by atoms with Gasteiger partial charge in [0.25, 0.3) is 0 Å². The molecule has 0 N–H and O–H groups in total. The molecule has 0 saturated carbocycles. The van der Waals surface area contributed by atoms with Crippen LogP contribution in [-0.4, -0.2) is 31.6 Å². The monoisotopic (exact) mass is 293 g/mol. The molecule has 0 amide bonds. The number of hydrogen-bond donors (Lipinski definition) is 0. The van der Waals surface area contributed by atoms with E-state index in [0.717, 1.165) is 25.7 Å². The largest absolute Gasteiger partial charge is 0.217 e. The number of aryl methyl sites for hydroxylation is 1. The van der Waals surface area contributed by atoms with E-state index in [-0.39, 0.29) is 5.75 Å². The van der Waals surface area contributed by atoms with Gasteiger partial charge in [-0.15, -0.1) is 6.58 Å². The van der Waals surface area contributed by atoms with Crippen LogP contribution in [0, 0.1) is 5.92 Å². The van der Waals surface area contributed by atoms with Crippen molar-refractivity contribution < 1.29 is 8.42 Å². The molecule has 4 heteroatoms. The maximum absolute atomic E-state index is 12.1. The molecule has 0 spiro atoms. The maximum atomic E-state index is 12.1. The van der Waals surface area contributed by atoms with Gasteiger partial charge in [0.05, 0.1) is 5.75 Å². The Morgan fingerprint density at radius 2 is 2.05 bits per heavy atom. The lowest BCUT2D eigenvalue weighted by Crippen LogP contribution is -2.40. The van der Waals surface area contributed by atoms with Crippen LogP contribution in [0.4, 0.5) is 0 Å². The molecular formula is C16H23NO2S. The van der Waals surface area contributed by atoms with Gasteiger partial charge in [0.1, 0.15) is 0 Å². The van der Waals surface area contributed by atoms with E-state index in [2.05, 4.69) is 30.8 Å². The number of piperidine rings is 1. The first-order valence-corrected chi connectivity index (χ1v) is 8.85. The van der Waals surface area contributed by atoms with E-state index in [0.29, 0.717) is 19.0 Å². The van der Waals surface area contributed by atoms with Crippen molar-refractivity contribution in [2.24, 2.45) is 5.92 Å². The van der Waals surface area contributed by atoms with E-state index in [1.807, 2.05) is 6.07 Å². The molecule has 1 fully saturated rings. The summed E-state index contributed by atoms with van der Waals surface area (Å²) in [5, 5.41) is 0. The van der Waals surface area contributed by atoms with E-state index >= 15 is 0 Å². The van der Waals surface area contributed by atoms with Crippen LogP contribution in [0.25, 0.3) is 0 Å². The lowest BCUT2D eigenvalue weighted by Gasteiger charge is -2.31. The Bertz CT molecular complexity index is 525. The van der Waals surface area contributed by atoms with Crippen LogP contribution in [0.2, 0.25) is 0 Å². The van der Waals surface area contributed by atoms with Crippen molar-refractivity contribution in [3.63, 3.8) is 0 Å². The minimum Gasteiger partial charge on any atom is -0.212 e.